The zero-order chi connectivity index (χ0) is 23.7. The van der Waals surface area contributed by atoms with Crippen molar-refractivity contribution in [2.45, 2.75) is 6.04 Å². The van der Waals surface area contributed by atoms with Gasteiger partial charge in [0.15, 0.2) is 11.5 Å². The van der Waals surface area contributed by atoms with E-state index in [-0.39, 0.29) is 11.5 Å². The number of nitrogens with two attached hydrogens (primary N) is 1. The minimum atomic E-state index is -1.20. The lowest BCUT2D eigenvalue weighted by Crippen LogP contribution is -2.37. The predicted molar refractivity (Wildman–Crippen MR) is 117 cm³/mol. The van der Waals surface area contributed by atoms with Gasteiger partial charge < -0.3 is 39.8 Å². The lowest BCUT2D eigenvalue weighted by Gasteiger charge is -2.13. The Labute approximate surface area is 185 Å². The summed E-state index contributed by atoms with van der Waals surface area (Å²) in [6.07, 6.45) is 2.83. The maximum absolute atomic E-state index is 12.5. The Morgan fingerprint density at radius 1 is 0.969 bits per heavy atom. The zero-order valence-electron chi connectivity index (χ0n) is 18.2. The van der Waals surface area contributed by atoms with Crippen LogP contribution < -0.4 is 34.7 Å². The summed E-state index contributed by atoms with van der Waals surface area (Å²) in [4.78, 5) is 24.3. The third kappa shape index (κ3) is 6.13. The van der Waals surface area contributed by atoms with Crippen LogP contribution in [-0.4, -0.2) is 58.1 Å². The van der Waals surface area contributed by atoms with Crippen molar-refractivity contribution < 1.29 is 38.4 Å². The minimum absolute atomic E-state index is 0.0432. The molecule has 0 saturated heterocycles. The van der Waals surface area contributed by atoms with Gasteiger partial charge in [0.2, 0.25) is 5.91 Å². The van der Waals surface area contributed by atoms with Crippen molar-refractivity contribution in [3.63, 3.8) is 0 Å². The summed E-state index contributed by atoms with van der Waals surface area (Å²) in [6.45, 7) is -0.569. The van der Waals surface area contributed by atoms with Crippen LogP contribution in [0.3, 0.4) is 0 Å². The monoisotopic (exact) mass is 446 g/mol. The number of esters is 1. The Bertz CT molecular complexity index is 965. The van der Waals surface area contributed by atoms with Gasteiger partial charge in [-0.1, -0.05) is 0 Å². The third-order valence-corrected chi connectivity index (χ3v) is 4.30. The number of aliphatic hydroxyl groups is 1. The van der Waals surface area contributed by atoms with E-state index < -0.39 is 24.5 Å². The standard InChI is InChI=1S/C22H26N2O8/c1-28-14-10-18(30-3)15(19(11-14)31-4)6-8-21(26)24-13-5-7-17(29-2)20(9-13)32-22(27)16(23)12-25/h5-11,16,25H,12,23H2,1-4H3,(H,24,26)/b8-6+/t16-/m1/s1. The van der Waals surface area contributed by atoms with Crippen LogP contribution in [0.1, 0.15) is 5.56 Å². The van der Waals surface area contributed by atoms with Gasteiger partial charge in [0.05, 0.1) is 40.6 Å². The maximum Gasteiger partial charge on any atom is 0.330 e. The number of benzene rings is 2. The average Bonchev–Trinajstić information content (AvgIpc) is 2.81. The van der Waals surface area contributed by atoms with Crippen LogP contribution in [0.4, 0.5) is 5.69 Å². The number of amides is 1. The van der Waals surface area contributed by atoms with Crippen LogP contribution in [0, 0.1) is 0 Å². The normalized spacial score (nSPS) is 11.6. The summed E-state index contributed by atoms with van der Waals surface area (Å²) >= 11 is 0. The van der Waals surface area contributed by atoms with Gasteiger partial charge in [0, 0.05) is 30.0 Å². The number of carbonyl (C=O) groups is 2. The second kappa shape index (κ2) is 11.6. The number of hydrogen-bond acceptors (Lipinski definition) is 9. The van der Waals surface area contributed by atoms with Crippen molar-refractivity contribution >= 4 is 23.6 Å². The minimum Gasteiger partial charge on any atom is -0.496 e. The van der Waals surface area contributed by atoms with E-state index in [1.54, 1.807) is 18.2 Å². The summed E-state index contributed by atoms with van der Waals surface area (Å²) < 4.78 is 26.2. The molecule has 10 heteroatoms. The molecule has 0 fully saturated rings. The van der Waals surface area contributed by atoms with Gasteiger partial charge >= 0.3 is 5.97 Å². The van der Waals surface area contributed by atoms with Crippen molar-refractivity contribution in [3.05, 3.63) is 42.0 Å². The molecule has 10 nitrogen and oxygen atoms in total. The molecule has 0 aliphatic carbocycles. The van der Waals surface area contributed by atoms with E-state index in [0.717, 1.165) is 0 Å². The van der Waals surface area contributed by atoms with Gasteiger partial charge in [-0.25, -0.2) is 4.79 Å². The summed E-state index contributed by atoms with van der Waals surface area (Å²) in [7, 11) is 5.91. The number of ether oxygens (including phenoxy) is 5. The molecule has 4 N–H and O–H groups in total. The van der Waals surface area contributed by atoms with Crippen LogP contribution in [0.2, 0.25) is 0 Å². The predicted octanol–water partition coefficient (Wildman–Crippen LogP) is 1.60. The van der Waals surface area contributed by atoms with Crippen LogP contribution >= 0.6 is 0 Å². The fourth-order valence-electron chi connectivity index (χ4n) is 2.63. The number of anilines is 1. The van der Waals surface area contributed by atoms with Crippen molar-refractivity contribution in [2.75, 3.05) is 40.4 Å². The Balaban J connectivity index is 2.22. The molecule has 2 aromatic carbocycles. The molecule has 2 rings (SSSR count). The first-order chi connectivity index (χ1) is 15.4. The molecule has 32 heavy (non-hydrogen) atoms. The van der Waals surface area contributed by atoms with Crippen molar-refractivity contribution in [2.24, 2.45) is 5.73 Å². The fourth-order valence-corrected chi connectivity index (χ4v) is 2.63. The molecule has 1 atom stereocenters. The van der Waals surface area contributed by atoms with Crippen molar-refractivity contribution in [1.29, 1.82) is 0 Å². The first kappa shape index (κ1) is 24.5. The van der Waals surface area contributed by atoms with E-state index in [4.69, 9.17) is 34.5 Å². The van der Waals surface area contributed by atoms with Crippen molar-refractivity contribution in [1.82, 2.24) is 0 Å². The van der Waals surface area contributed by atoms with Gasteiger partial charge in [-0.15, -0.1) is 0 Å². The van der Waals surface area contributed by atoms with E-state index >= 15 is 0 Å². The average molecular weight is 446 g/mol. The van der Waals surface area contributed by atoms with E-state index in [1.807, 2.05) is 0 Å². The first-order valence-corrected chi connectivity index (χ1v) is 9.42. The Morgan fingerprint density at radius 3 is 2.12 bits per heavy atom. The van der Waals surface area contributed by atoms with Crippen LogP contribution in [0.25, 0.3) is 6.08 Å². The topological polar surface area (TPSA) is 139 Å². The number of hydrogen-bond donors (Lipinski definition) is 3. The van der Waals surface area contributed by atoms with Crippen LogP contribution in [0.5, 0.6) is 28.7 Å². The summed E-state index contributed by atoms with van der Waals surface area (Å²) in [5.74, 6) is 0.466. The van der Waals surface area contributed by atoms with E-state index in [2.05, 4.69) is 5.32 Å². The lowest BCUT2D eigenvalue weighted by molar-refractivity contribution is -0.136. The van der Waals surface area contributed by atoms with Gasteiger partial charge in [-0.05, 0) is 18.2 Å². The number of rotatable bonds is 10. The molecule has 172 valence electrons. The van der Waals surface area contributed by atoms with Crippen LogP contribution in [0.15, 0.2) is 36.4 Å². The highest BCUT2D eigenvalue weighted by molar-refractivity contribution is 6.02. The van der Waals surface area contributed by atoms with E-state index in [1.165, 1.54) is 52.7 Å². The molecule has 1 amide bonds. The van der Waals surface area contributed by atoms with E-state index in [9.17, 15) is 9.59 Å². The zero-order valence-corrected chi connectivity index (χ0v) is 18.2. The number of methoxy groups -OCH3 is 4. The fraction of sp³-hybridized carbons (Fsp3) is 0.273. The second-order valence-electron chi connectivity index (χ2n) is 6.34. The summed E-state index contributed by atoms with van der Waals surface area (Å²) in [5, 5.41) is 11.7. The third-order valence-electron chi connectivity index (χ3n) is 4.30. The maximum atomic E-state index is 12.5. The molecule has 0 aliphatic rings. The SMILES string of the molecule is COc1cc(OC)c(/C=C/C(=O)Nc2ccc(OC)c(OC(=O)[C@H](N)CO)c2)c(OC)c1. The Morgan fingerprint density at radius 2 is 1.59 bits per heavy atom. The molecule has 0 aliphatic heterocycles. The number of nitrogens with one attached hydrogen (secondary N) is 1. The highest BCUT2D eigenvalue weighted by atomic mass is 16.6. The lowest BCUT2D eigenvalue weighted by atomic mass is 10.1. The van der Waals surface area contributed by atoms with Gasteiger partial charge in [-0.3, -0.25) is 4.79 Å². The van der Waals surface area contributed by atoms with Crippen molar-refractivity contribution in [3.8, 4) is 28.7 Å². The molecular formula is C22H26N2O8. The Hall–Kier alpha value is -3.76. The Kier molecular flexibility index (Phi) is 8.87. The summed E-state index contributed by atoms with van der Waals surface area (Å²) in [6, 6.07) is 6.63. The number of carbonyl (C=O) groups excluding carboxylic acids is 2. The first-order valence-electron chi connectivity index (χ1n) is 9.42. The quantitative estimate of drug-likeness (QED) is 0.282. The molecule has 0 aromatic heterocycles. The molecule has 0 heterocycles. The smallest absolute Gasteiger partial charge is 0.330 e. The van der Waals surface area contributed by atoms with E-state index in [0.29, 0.717) is 28.5 Å². The van der Waals surface area contributed by atoms with Gasteiger partial charge in [-0.2, -0.15) is 0 Å². The van der Waals surface area contributed by atoms with Crippen LogP contribution in [-0.2, 0) is 9.59 Å². The molecule has 0 unspecified atom stereocenters. The highest BCUT2D eigenvalue weighted by Gasteiger charge is 2.18. The molecule has 0 bridgehead atoms. The van der Waals surface area contributed by atoms with Gasteiger partial charge in [0.1, 0.15) is 23.3 Å². The molecular weight excluding hydrogens is 420 g/mol. The molecule has 0 radical (unpaired) electrons. The summed E-state index contributed by atoms with van der Waals surface area (Å²) in [5.41, 5.74) is 6.35. The molecule has 2 aromatic rings. The molecule has 0 saturated carbocycles. The largest absolute Gasteiger partial charge is 0.496 e. The highest BCUT2D eigenvalue weighted by Crippen LogP contribution is 2.35. The second-order valence-corrected chi connectivity index (χ2v) is 6.34. The van der Waals surface area contributed by atoms with Gasteiger partial charge in [0.25, 0.3) is 0 Å². The molecule has 0 spiro atoms. The number of aliphatic hydroxyl groups excluding tert-OH is 1.